The Hall–Kier alpha value is -3.59. The molecule has 1 aromatic carbocycles. The van der Waals surface area contributed by atoms with E-state index >= 15 is 0 Å². The van der Waals surface area contributed by atoms with E-state index < -0.39 is 0 Å². The number of ether oxygens (including phenoxy) is 1. The molecule has 0 atom stereocenters. The Kier molecular flexibility index (Phi) is 5.87. The SMILES string of the molecule is COc1ccc2nccc(NC(=O)C3CCN(CCc4nc5c(F)cccc5[nH]4)CC3)c2n1. The van der Waals surface area contributed by atoms with E-state index in [1.54, 1.807) is 31.5 Å². The number of amides is 1. The van der Waals surface area contributed by atoms with Crippen molar-refractivity contribution in [3.05, 3.63) is 54.2 Å². The van der Waals surface area contributed by atoms with Gasteiger partial charge in [-0.05, 0) is 50.2 Å². The number of H-pyrrole nitrogens is 1. The molecule has 0 radical (unpaired) electrons. The van der Waals surface area contributed by atoms with Crippen molar-refractivity contribution in [3.8, 4) is 5.88 Å². The first-order valence-corrected chi connectivity index (χ1v) is 11.1. The van der Waals surface area contributed by atoms with Crippen LogP contribution in [0.5, 0.6) is 5.88 Å². The Labute approximate surface area is 190 Å². The van der Waals surface area contributed by atoms with E-state index in [0.717, 1.165) is 43.8 Å². The highest BCUT2D eigenvalue weighted by Gasteiger charge is 2.25. The summed E-state index contributed by atoms with van der Waals surface area (Å²) in [4.78, 5) is 31.6. The number of nitrogens with one attached hydrogen (secondary N) is 2. The van der Waals surface area contributed by atoms with Gasteiger partial charge in [-0.2, -0.15) is 0 Å². The fourth-order valence-electron chi connectivity index (χ4n) is 4.31. The lowest BCUT2D eigenvalue weighted by Gasteiger charge is -2.31. The van der Waals surface area contributed by atoms with Gasteiger partial charge < -0.3 is 19.9 Å². The van der Waals surface area contributed by atoms with Crippen LogP contribution in [0.1, 0.15) is 18.7 Å². The zero-order valence-electron chi connectivity index (χ0n) is 18.3. The molecule has 0 spiro atoms. The summed E-state index contributed by atoms with van der Waals surface area (Å²) in [7, 11) is 1.56. The second-order valence-corrected chi connectivity index (χ2v) is 8.25. The molecular formula is C24H25FN6O2. The monoisotopic (exact) mass is 448 g/mol. The van der Waals surface area contributed by atoms with Gasteiger partial charge in [0.25, 0.3) is 0 Å². The van der Waals surface area contributed by atoms with Crippen molar-refractivity contribution in [2.75, 3.05) is 32.1 Å². The fraction of sp³-hybridized carbons (Fsp3) is 0.333. The Morgan fingerprint density at radius 1 is 1.18 bits per heavy atom. The molecule has 0 bridgehead atoms. The number of pyridine rings is 2. The topological polar surface area (TPSA) is 96.0 Å². The van der Waals surface area contributed by atoms with Gasteiger partial charge in [-0.25, -0.2) is 14.4 Å². The van der Waals surface area contributed by atoms with Crippen LogP contribution in [-0.4, -0.2) is 57.5 Å². The summed E-state index contributed by atoms with van der Waals surface area (Å²) in [5.74, 6) is 0.890. The Morgan fingerprint density at radius 3 is 2.82 bits per heavy atom. The predicted molar refractivity (Wildman–Crippen MR) is 124 cm³/mol. The predicted octanol–water partition coefficient (Wildman–Crippen LogP) is 3.55. The van der Waals surface area contributed by atoms with Crippen molar-refractivity contribution >= 4 is 33.7 Å². The maximum atomic E-state index is 13.8. The minimum absolute atomic E-state index is 0.000436. The molecule has 5 rings (SSSR count). The molecule has 170 valence electrons. The van der Waals surface area contributed by atoms with Crippen LogP contribution in [0.3, 0.4) is 0 Å². The number of carbonyl (C=O) groups excluding carboxylic acids is 1. The third kappa shape index (κ3) is 4.49. The van der Waals surface area contributed by atoms with E-state index in [1.165, 1.54) is 6.07 Å². The number of benzene rings is 1. The van der Waals surface area contributed by atoms with Gasteiger partial charge in [-0.15, -0.1) is 0 Å². The summed E-state index contributed by atoms with van der Waals surface area (Å²) in [5, 5.41) is 3.03. The lowest BCUT2D eigenvalue weighted by atomic mass is 9.95. The first-order chi connectivity index (χ1) is 16.1. The van der Waals surface area contributed by atoms with E-state index in [0.29, 0.717) is 34.5 Å². The number of anilines is 1. The van der Waals surface area contributed by atoms with E-state index in [1.807, 2.05) is 12.1 Å². The largest absolute Gasteiger partial charge is 0.481 e. The summed E-state index contributed by atoms with van der Waals surface area (Å²) < 4.78 is 19.1. The highest BCUT2D eigenvalue weighted by Crippen LogP contribution is 2.25. The number of piperidine rings is 1. The van der Waals surface area contributed by atoms with Gasteiger partial charge in [0.2, 0.25) is 11.8 Å². The van der Waals surface area contributed by atoms with Gasteiger partial charge in [0.1, 0.15) is 16.9 Å². The van der Waals surface area contributed by atoms with Crippen LogP contribution in [0.15, 0.2) is 42.6 Å². The van der Waals surface area contributed by atoms with Crippen molar-refractivity contribution in [2.45, 2.75) is 19.3 Å². The van der Waals surface area contributed by atoms with Gasteiger partial charge >= 0.3 is 0 Å². The molecule has 33 heavy (non-hydrogen) atoms. The maximum absolute atomic E-state index is 13.8. The number of fused-ring (bicyclic) bond motifs is 2. The number of aromatic amines is 1. The summed E-state index contributed by atoms with van der Waals surface area (Å²) >= 11 is 0. The van der Waals surface area contributed by atoms with Crippen LogP contribution in [0.25, 0.3) is 22.1 Å². The number of hydrogen-bond donors (Lipinski definition) is 2. The number of hydrogen-bond acceptors (Lipinski definition) is 6. The van der Waals surface area contributed by atoms with Crippen LogP contribution in [-0.2, 0) is 11.2 Å². The van der Waals surface area contributed by atoms with Crippen molar-refractivity contribution in [1.82, 2.24) is 24.8 Å². The molecule has 1 amide bonds. The number of carbonyl (C=O) groups is 1. The Balaban J connectivity index is 1.17. The fourth-order valence-corrected chi connectivity index (χ4v) is 4.31. The van der Waals surface area contributed by atoms with Crippen molar-refractivity contribution in [1.29, 1.82) is 0 Å². The molecule has 0 aliphatic carbocycles. The number of para-hydroxylation sites is 1. The number of halogens is 1. The van der Waals surface area contributed by atoms with Crippen molar-refractivity contribution < 1.29 is 13.9 Å². The highest BCUT2D eigenvalue weighted by atomic mass is 19.1. The van der Waals surface area contributed by atoms with Crippen molar-refractivity contribution in [2.24, 2.45) is 5.92 Å². The standard InChI is InChI=1S/C24H25FN6O2/c1-33-21-6-5-17-23(30-21)19(7-11-26-17)28-24(32)15-8-12-31(13-9-15)14-10-20-27-18-4-2-3-16(25)22(18)29-20/h2-7,11,15H,8-10,12-14H2,1H3,(H,27,29)(H,26,28,32). The normalized spacial score (nSPS) is 15.2. The minimum Gasteiger partial charge on any atom is -0.481 e. The van der Waals surface area contributed by atoms with Crippen LogP contribution in [0.4, 0.5) is 10.1 Å². The summed E-state index contributed by atoms with van der Waals surface area (Å²) in [6, 6.07) is 10.3. The summed E-state index contributed by atoms with van der Waals surface area (Å²) in [5.41, 5.74) is 3.07. The van der Waals surface area contributed by atoms with Gasteiger partial charge in [0, 0.05) is 31.1 Å². The highest BCUT2D eigenvalue weighted by molar-refractivity contribution is 6.00. The molecule has 1 aliphatic heterocycles. The van der Waals surface area contributed by atoms with Gasteiger partial charge in [0.05, 0.1) is 23.8 Å². The van der Waals surface area contributed by atoms with E-state index in [9.17, 15) is 9.18 Å². The number of aromatic nitrogens is 4. The number of methoxy groups -OCH3 is 1. The number of rotatable bonds is 6. The second kappa shape index (κ2) is 9.11. The van der Waals surface area contributed by atoms with Gasteiger partial charge in [-0.3, -0.25) is 9.78 Å². The quantitative estimate of drug-likeness (QED) is 0.468. The average Bonchev–Trinajstić information content (AvgIpc) is 3.27. The smallest absolute Gasteiger partial charge is 0.227 e. The molecule has 4 aromatic rings. The molecule has 9 heteroatoms. The zero-order valence-corrected chi connectivity index (χ0v) is 18.3. The van der Waals surface area contributed by atoms with Gasteiger partial charge in [0.15, 0.2) is 5.82 Å². The second-order valence-electron chi connectivity index (χ2n) is 8.25. The zero-order chi connectivity index (χ0) is 22.8. The minimum atomic E-state index is -0.308. The lowest BCUT2D eigenvalue weighted by Crippen LogP contribution is -2.39. The van der Waals surface area contributed by atoms with Crippen LogP contribution >= 0.6 is 0 Å². The number of nitrogens with zero attached hydrogens (tertiary/aromatic N) is 4. The van der Waals surface area contributed by atoms with Gasteiger partial charge in [-0.1, -0.05) is 6.07 Å². The van der Waals surface area contributed by atoms with E-state index in [-0.39, 0.29) is 17.6 Å². The molecule has 1 fully saturated rings. The molecule has 1 saturated heterocycles. The molecule has 4 heterocycles. The molecule has 1 aliphatic rings. The summed E-state index contributed by atoms with van der Waals surface area (Å²) in [6.07, 6.45) is 3.93. The molecular weight excluding hydrogens is 423 g/mol. The van der Waals surface area contributed by atoms with Crippen LogP contribution in [0.2, 0.25) is 0 Å². The molecule has 3 aromatic heterocycles. The molecule has 0 saturated carbocycles. The number of imidazole rings is 1. The number of likely N-dealkylation sites (tertiary alicyclic amines) is 1. The molecule has 2 N–H and O–H groups in total. The average molecular weight is 449 g/mol. The first-order valence-electron chi connectivity index (χ1n) is 11.1. The Bertz CT molecular complexity index is 1300. The van der Waals surface area contributed by atoms with Crippen LogP contribution in [0, 0.1) is 11.7 Å². The third-order valence-electron chi connectivity index (χ3n) is 6.16. The Morgan fingerprint density at radius 2 is 2.03 bits per heavy atom. The first kappa shape index (κ1) is 21.3. The van der Waals surface area contributed by atoms with E-state index in [4.69, 9.17) is 4.74 Å². The lowest BCUT2D eigenvalue weighted by molar-refractivity contribution is -0.121. The van der Waals surface area contributed by atoms with E-state index in [2.05, 4.69) is 30.2 Å². The molecule has 8 nitrogen and oxygen atoms in total. The maximum Gasteiger partial charge on any atom is 0.227 e. The third-order valence-corrected chi connectivity index (χ3v) is 6.16. The molecule has 0 unspecified atom stereocenters. The summed E-state index contributed by atoms with van der Waals surface area (Å²) in [6.45, 7) is 2.47. The van der Waals surface area contributed by atoms with Crippen LogP contribution < -0.4 is 10.1 Å². The van der Waals surface area contributed by atoms with Crippen molar-refractivity contribution in [3.63, 3.8) is 0 Å².